The maximum absolute atomic E-state index is 12.7. The molecule has 0 aliphatic carbocycles. The van der Waals surface area contributed by atoms with Crippen LogP contribution in [0.15, 0.2) is 35.2 Å². The first-order valence-corrected chi connectivity index (χ1v) is 7.75. The maximum atomic E-state index is 12.7. The van der Waals surface area contributed by atoms with Crippen molar-refractivity contribution < 1.29 is 17.9 Å². The van der Waals surface area contributed by atoms with Crippen LogP contribution in [-0.2, 0) is 19.3 Å². The highest BCUT2D eigenvalue weighted by Gasteiger charge is 2.73. The van der Waals surface area contributed by atoms with Crippen LogP contribution in [0.4, 0.5) is 0 Å². The molecule has 0 saturated carbocycles. The molecule has 2 bridgehead atoms. The summed E-state index contributed by atoms with van der Waals surface area (Å²) in [5, 5.41) is 0. The molecule has 18 heavy (non-hydrogen) atoms. The number of sulfone groups is 1. The van der Waals surface area contributed by atoms with Crippen LogP contribution in [0.1, 0.15) is 19.3 Å². The first-order chi connectivity index (χ1) is 8.63. The second-order valence-corrected chi connectivity index (χ2v) is 7.41. The molecule has 4 rings (SSSR count). The lowest BCUT2D eigenvalue weighted by molar-refractivity contribution is 0.0153. The summed E-state index contributed by atoms with van der Waals surface area (Å²) >= 11 is 0. The number of ether oxygens (including phenoxy) is 2. The van der Waals surface area contributed by atoms with Gasteiger partial charge < -0.3 is 9.47 Å². The molecule has 3 heterocycles. The van der Waals surface area contributed by atoms with Crippen LogP contribution in [0.2, 0.25) is 0 Å². The third-order valence-electron chi connectivity index (χ3n) is 4.20. The molecule has 3 saturated heterocycles. The zero-order chi connectivity index (χ0) is 12.4. The van der Waals surface area contributed by atoms with E-state index >= 15 is 0 Å². The molecule has 0 radical (unpaired) electrons. The summed E-state index contributed by atoms with van der Waals surface area (Å²) in [6.07, 6.45) is 2.11. The van der Waals surface area contributed by atoms with Crippen LogP contribution in [0, 0.1) is 0 Å². The van der Waals surface area contributed by atoms with E-state index in [2.05, 4.69) is 0 Å². The summed E-state index contributed by atoms with van der Waals surface area (Å²) < 4.78 is 36.7. The third-order valence-corrected chi connectivity index (χ3v) is 6.50. The highest BCUT2D eigenvalue weighted by molar-refractivity contribution is 7.93. The van der Waals surface area contributed by atoms with Gasteiger partial charge in [-0.05, 0) is 25.0 Å². The highest BCUT2D eigenvalue weighted by atomic mass is 32.2. The van der Waals surface area contributed by atoms with Crippen molar-refractivity contribution >= 4 is 9.84 Å². The van der Waals surface area contributed by atoms with Gasteiger partial charge in [0.05, 0.1) is 17.1 Å². The van der Waals surface area contributed by atoms with Gasteiger partial charge in [0, 0.05) is 6.42 Å². The van der Waals surface area contributed by atoms with Crippen molar-refractivity contribution in [2.24, 2.45) is 0 Å². The van der Waals surface area contributed by atoms with Crippen LogP contribution in [-0.4, -0.2) is 31.7 Å². The third kappa shape index (κ3) is 1.24. The van der Waals surface area contributed by atoms with Crippen molar-refractivity contribution in [2.75, 3.05) is 0 Å². The van der Waals surface area contributed by atoms with Gasteiger partial charge in [-0.15, -0.1) is 0 Å². The molecule has 0 N–H and O–H groups in total. The summed E-state index contributed by atoms with van der Waals surface area (Å²) in [7, 11) is -3.42. The average Bonchev–Trinajstić information content (AvgIpc) is 3.01. The number of hydrogen-bond acceptors (Lipinski definition) is 4. The Kier molecular flexibility index (Phi) is 2.04. The average molecular weight is 266 g/mol. The van der Waals surface area contributed by atoms with E-state index in [-0.39, 0.29) is 18.3 Å². The van der Waals surface area contributed by atoms with Crippen molar-refractivity contribution in [3.05, 3.63) is 30.3 Å². The topological polar surface area (TPSA) is 55.9 Å². The van der Waals surface area contributed by atoms with E-state index in [4.69, 9.17) is 9.47 Å². The number of rotatable bonds is 2. The SMILES string of the molecule is O=S(=O)(c1ccccc1)[C@@]12C[C@H]3CC[C@H](O3)[C@@H]1O2. The smallest absolute Gasteiger partial charge is 0.210 e. The van der Waals surface area contributed by atoms with Gasteiger partial charge in [-0.1, -0.05) is 18.2 Å². The van der Waals surface area contributed by atoms with Crippen LogP contribution < -0.4 is 0 Å². The summed E-state index contributed by atoms with van der Waals surface area (Å²) in [6, 6.07) is 8.58. The Balaban J connectivity index is 1.77. The Morgan fingerprint density at radius 1 is 1.17 bits per heavy atom. The minimum Gasteiger partial charge on any atom is -0.372 e. The fourth-order valence-corrected chi connectivity index (χ4v) is 5.26. The van der Waals surface area contributed by atoms with E-state index in [1.807, 2.05) is 6.07 Å². The van der Waals surface area contributed by atoms with Crippen LogP contribution in [0.3, 0.4) is 0 Å². The highest BCUT2D eigenvalue weighted by Crippen LogP contribution is 2.57. The van der Waals surface area contributed by atoms with E-state index in [1.54, 1.807) is 24.3 Å². The molecule has 4 nitrogen and oxygen atoms in total. The number of epoxide rings is 1. The Morgan fingerprint density at radius 2 is 1.94 bits per heavy atom. The number of benzene rings is 1. The molecule has 1 aromatic rings. The van der Waals surface area contributed by atoms with E-state index in [1.165, 1.54) is 0 Å². The van der Waals surface area contributed by atoms with Gasteiger partial charge in [-0.25, -0.2) is 8.42 Å². The summed E-state index contributed by atoms with van der Waals surface area (Å²) in [6.45, 7) is 0. The van der Waals surface area contributed by atoms with Gasteiger partial charge in [-0.2, -0.15) is 0 Å². The van der Waals surface area contributed by atoms with E-state index in [9.17, 15) is 8.42 Å². The van der Waals surface area contributed by atoms with E-state index < -0.39 is 14.8 Å². The lowest BCUT2D eigenvalue weighted by atomic mass is 10.1. The molecule has 96 valence electrons. The second kappa shape index (κ2) is 3.35. The fourth-order valence-electron chi connectivity index (χ4n) is 3.25. The standard InChI is InChI=1S/C13H14O4S/c14-18(15,10-4-2-1-3-5-10)13-8-9-6-7-11(16-9)12(13)17-13/h1-5,9,11-12H,6-8H2/t9-,11+,12+,13+/m1/s1. The Labute approximate surface area is 106 Å². The molecule has 4 atom stereocenters. The molecule has 0 aromatic heterocycles. The molecule has 0 amide bonds. The molecule has 0 spiro atoms. The summed E-state index contributed by atoms with van der Waals surface area (Å²) in [5.41, 5.74) is 0. The predicted octanol–water partition coefficient (Wildman–Crippen LogP) is 1.51. The normalized spacial score (nSPS) is 41.4. The minimum absolute atomic E-state index is 0.0257. The minimum atomic E-state index is -3.42. The summed E-state index contributed by atoms with van der Waals surface area (Å²) in [5.74, 6) is 0. The van der Waals surface area contributed by atoms with Crippen molar-refractivity contribution in [1.29, 1.82) is 0 Å². The number of hydrogen-bond donors (Lipinski definition) is 0. The van der Waals surface area contributed by atoms with Gasteiger partial charge in [0.25, 0.3) is 0 Å². The van der Waals surface area contributed by atoms with Gasteiger partial charge in [-0.3, -0.25) is 0 Å². The maximum Gasteiger partial charge on any atom is 0.210 e. The molecule has 3 aliphatic rings. The van der Waals surface area contributed by atoms with Gasteiger partial charge in [0.1, 0.15) is 6.10 Å². The largest absolute Gasteiger partial charge is 0.372 e. The second-order valence-electron chi connectivity index (χ2n) is 5.24. The molecular formula is C13H14O4S. The summed E-state index contributed by atoms with van der Waals surface area (Å²) in [4.78, 5) is -0.646. The zero-order valence-corrected chi connectivity index (χ0v) is 10.6. The molecule has 3 aliphatic heterocycles. The van der Waals surface area contributed by atoms with Crippen LogP contribution in [0.25, 0.3) is 0 Å². The fraction of sp³-hybridized carbons (Fsp3) is 0.538. The Hall–Kier alpha value is -0.910. The first-order valence-electron chi connectivity index (χ1n) is 6.26. The lowest BCUT2D eigenvalue weighted by Crippen LogP contribution is -2.39. The number of fused-ring (bicyclic) bond motifs is 4. The molecule has 0 unspecified atom stereocenters. The van der Waals surface area contributed by atoms with Crippen LogP contribution >= 0.6 is 0 Å². The Bertz CT molecular complexity index is 582. The Morgan fingerprint density at radius 3 is 2.72 bits per heavy atom. The lowest BCUT2D eigenvalue weighted by Gasteiger charge is -2.23. The molecule has 3 fully saturated rings. The molecule has 1 aromatic carbocycles. The quantitative estimate of drug-likeness (QED) is 0.761. The van der Waals surface area contributed by atoms with Crippen molar-refractivity contribution in [2.45, 2.75) is 47.4 Å². The zero-order valence-electron chi connectivity index (χ0n) is 9.78. The van der Waals surface area contributed by atoms with Crippen molar-refractivity contribution in [1.82, 2.24) is 0 Å². The predicted molar refractivity (Wildman–Crippen MR) is 63.7 cm³/mol. The van der Waals surface area contributed by atoms with E-state index in [0.29, 0.717) is 11.3 Å². The van der Waals surface area contributed by atoms with Gasteiger partial charge >= 0.3 is 0 Å². The van der Waals surface area contributed by atoms with Crippen molar-refractivity contribution in [3.8, 4) is 0 Å². The monoisotopic (exact) mass is 266 g/mol. The first kappa shape index (κ1) is 11.0. The van der Waals surface area contributed by atoms with Crippen molar-refractivity contribution in [3.63, 3.8) is 0 Å². The molecular weight excluding hydrogens is 252 g/mol. The van der Waals surface area contributed by atoms with Gasteiger partial charge in [0.2, 0.25) is 14.8 Å². The molecule has 5 heteroatoms. The van der Waals surface area contributed by atoms with Gasteiger partial charge in [0.15, 0.2) is 0 Å². The van der Waals surface area contributed by atoms with E-state index in [0.717, 1.165) is 12.8 Å². The van der Waals surface area contributed by atoms with Crippen LogP contribution in [0.5, 0.6) is 0 Å².